The van der Waals surface area contributed by atoms with Crippen LogP contribution in [0, 0.1) is 6.92 Å². The monoisotopic (exact) mass is 523 g/mol. The molecule has 0 fully saturated rings. The molecule has 0 saturated carbocycles. The Morgan fingerprint density at radius 2 is 1.51 bits per heavy atom. The number of para-hydroxylation sites is 1. The minimum absolute atomic E-state index is 0.108. The summed E-state index contributed by atoms with van der Waals surface area (Å²) in [5.41, 5.74) is 2.28. The van der Waals surface area contributed by atoms with Crippen LogP contribution in [0.15, 0.2) is 88.1 Å². The van der Waals surface area contributed by atoms with E-state index in [0.717, 1.165) is 17.1 Å². The highest BCUT2D eigenvalue weighted by atomic mass is 16.5. The van der Waals surface area contributed by atoms with Gasteiger partial charge in [0, 0.05) is 34.2 Å². The molecule has 0 saturated heterocycles. The lowest BCUT2D eigenvalue weighted by Gasteiger charge is -2.11. The van der Waals surface area contributed by atoms with Gasteiger partial charge in [-0.1, -0.05) is 12.1 Å². The van der Waals surface area contributed by atoms with Crippen molar-refractivity contribution in [2.75, 3.05) is 30.2 Å². The molecular weight excluding hydrogens is 498 g/mol. The largest absolute Gasteiger partial charge is 0.497 e. The Kier molecular flexibility index (Phi) is 7.09. The standard InChI is InChI=1S/C29H25N5O5/c1-17-15-25(31-19-11-13-22(37-2)14-12-19)34-29(30-17)33-21-9-7-20(8-10-21)32-27(35)23-16-18-5-4-6-24(38-3)26(18)39-28(23)36/h4-16H,1-3H3,(H,32,35)(H2,30,31,33,34). The number of nitrogens with one attached hydrogen (secondary N) is 3. The predicted octanol–water partition coefficient (Wildman–Crippen LogP) is 5.65. The number of rotatable bonds is 8. The summed E-state index contributed by atoms with van der Waals surface area (Å²) in [4.78, 5) is 34.3. The fourth-order valence-electron chi connectivity index (χ4n) is 3.91. The number of nitrogens with zero attached hydrogens (tertiary/aromatic N) is 2. The van der Waals surface area contributed by atoms with Crippen molar-refractivity contribution < 1.29 is 18.7 Å². The lowest BCUT2D eigenvalue weighted by molar-refractivity contribution is 0.102. The molecule has 5 aromatic rings. The number of anilines is 5. The van der Waals surface area contributed by atoms with Crippen LogP contribution >= 0.6 is 0 Å². The van der Waals surface area contributed by atoms with E-state index in [1.54, 1.807) is 49.6 Å². The molecule has 10 nitrogen and oxygen atoms in total. The van der Waals surface area contributed by atoms with Gasteiger partial charge in [-0.3, -0.25) is 4.79 Å². The van der Waals surface area contributed by atoms with E-state index in [4.69, 9.17) is 13.9 Å². The van der Waals surface area contributed by atoms with E-state index >= 15 is 0 Å². The van der Waals surface area contributed by atoms with Crippen molar-refractivity contribution in [3.8, 4) is 11.5 Å². The Morgan fingerprint density at radius 3 is 2.23 bits per heavy atom. The SMILES string of the molecule is COc1ccc(Nc2cc(C)nc(Nc3ccc(NC(=O)c4cc5cccc(OC)c5oc4=O)cc3)n2)cc1. The molecule has 2 aromatic heterocycles. The highest BCUT2D eigenvalue weighted by molar-refractivity contribution is 6.05. The molecule has 196 valence electrons. The van der Waals surface area contributed by atoms with Crippen molar-refractivity contribution in [1.82, 2.24) is 9.97 Å². The molecule has 0 bridgehead atoms. The zero-order valence-corrected chi connectivity index (χ0v) is 21.4. The Balaban J connectivity index is 1.28. The number of aryl methyl sites for hydroxylation is 1. The van der Waals surface area contributed by atoms with Gasteiger partial charge in [-0.25, -0.2) is 9.78 Å². The number of aromatic nitrogens is 2. The van der Waals surface area contributed by atoms with Crippen LogP contribution in [0.4, 0.5) is 28.8 Å². The number of fused-ring (bicyclic) bond motifs is 1. The van der Waals surface area contributed by atoms with E-state index in [2.05, 4.69) is 25.9 Å². The summed E-state index contributed by atoms with van der Waals surface area (Å²) in [5, 5.41) is 9.74. The average Bonchev–Trinajstić information content (AvgIpc) is 2.93. The third-order valence-corrected chi connectivity index (χ3v) is 5.80. The maximum atomic E-state index is 12.8. The number of ether oxygens (including phenoxy) is 2. The number of hydrogen-bond donors (Lipinski definition) is 3. The zero-order valence-electron chi connectivity index (χ0n) is 21.4. The Morgan fingerprint density at radius 1 is 0.821 bits per heavy atom. The molecule has 0 unspecified atom stereocenters. The summed E-state index contributed by atoms with van der Waals surface area (Å²) in [5.74, 6) is 1.65. The summed E-state index contributed by atoms with van der Waals surface area (Å²) in [6.45, 7) is 1.88. The van der Waals surface area contributed by atoms with Crippen LogP contribution in [0.3, 0.4) is 0 Å². The van der Waals surface area contributed by atoms with E-state index in [9.17, 15) is 9.59 Å². The highest BCUT2D eigenvalue weighted by Crippen LogP contribution is 2.25. The molecule has 0 spiro atoms. The zero-order chi connectivity index (χ0) is 27.4. The summed E-state index contributed by atoms with van der Waals surface area (Å²) in [6.07, 6.45) is 0. The van der Waals surface area contributed by atoms with Gasteiger partial charge in [-0.2, -0.15) is 4.98 Å². The van der Waals surface area contributed by atoms with Gasteiger partial charge in [0.15, 0.2) is 11.3 Å². The number of carbonyl (C=O) groups is 1. The first kappa shape index (κ1) is 25.3. The predicted molar refractivity (Wildman–Crippen MR) is 150 cm³/mol. The fraction of sp³-hybridized carbons (Fsp3) is 0.103. The second kappa shape index (κ2) is 10.9. The first-order valence-electron chi connectivity index (χ1n) is 12.0. The first-order valence-corrected chi connectivity index (χ1v) is 12.0. The van der Waals surface area contributed by atoms with Crippen molar-refractivity contribution in [3.05, 3.63) is 101 Å². The van der Waals surface area contributed by atoms with Crippen molar-refractivity contribution in [1.29, 1.82) is 0 Å². The summed E-state index contributed by atoms with van der Waals surface area (Å²) in [6, 6.07) is 23.0. The average molecular weight is 524 g/mol. The molecular formula is C29H25N5O5. The first-order chi connectivity index (χ1) is 18.9. The van der Waals surface area contributed by atoms with E-state index in [0.29, 0.717) is 34.3 Å². The van der Waals surface area contributed by atoms with Crippen LogP contribution < -0.4 is 31.0 Å². The van der Waals surface area contributed by atoms with Crippen LogP contribution in [-0.4, -0.2) is 30.1 Å². The third kappa shape index (κ3) is 5.80. The maximum Gasteiger partial charge on any atom is 0.349 e. The topological polar surface area (TPSA) is 128 Å². The Bertz CT molecular complexity index is 1700. The summed E-state index contributed by atoms with van der Waals surface area (Å²) < 4.78 is 15.8. The van der Waals surface area contributed by atoms with E-state index in [1.165, 1.54) is 13.2 Å². The van der Waals surface area contributed by atoms with Crippen molar-refractivity contribution in [2.24, 2.45) is 0 Å². The van der Waals surface area contributed by atoms with Gasteiger partial charge >= 0.3 is 5.63 Å². The Hall–Kier alpha value is -5.38. The molecule has 3 N–H and O–H groups in total. The van der Waals surface area contributed by atoms with Crippen LogP contribution in [-0.2, 0) is 0 Å². The van der Waals surface area contributed by atoms with Gasteiger partial charge in [0.05, 0.1) is 14.2 Å². The summed E-state index contributed by atoms with van der Waals surface area (Å²) >= 11 is 0. The summed E-state index contributed by atoms with van der Waals surface area (Å²) in [7, 11) is 3.10. The highest BCUT2D eigenvalue weighted by Gasteiger charge is 2.16. The van der Waals surface area contributed by atoms with E-state index in [1.807, 2.05) is 37.3 Å². The third-order valence-electron chi connectivity index (χ3n) is 5.80. The number of hydrogen-bond acceptors (Lipinski definition) is 9. The molecule has 1 amide bonds. The minimum Gasteiger partial charge on any atom is -0.497 e. The molecule has 0 aliphatic heterocycles. The van der Waals surface area contributed by atoms with Gasteiger partial charge in [0.25, 0.3) is 5.91 Å². The number of amides is 1. The molecule has 0 atom stereocenters. The lowest BCUT2D eigenvalue weighted by Crippen LogP contribution is -2.20. The van der Waals surface area contributed by atoms with Gasteiger partial charge in [-0.05, 0) is 67.6 Å². The van der Waals surface area contributed by atoms with Crippen molar-refractivity contribution in [3.63, 3.8) is 0 Å². The second-order valence-corrected chi connectivity index (χ2v) is 8.55. The van der Waals surface area contributed by atoms with Gasteiger partial charge in [0.1, 0.15) is 17.1 Å². The Labute approximate surface area is 223 Å². The smallest absolute Gasteiger partial charge is 0.349 e. The van der Waals surface area contributed by atoms with Crippen molar-refractivity contribution in [2.45, 2.75) is 6.92 Å². The molecule has 0 aliphatic rings. The van der Waals surface area contributed by atoms with Crippen LogP contribution in [0.25, 0.3) is 11.0 Å². The van der Waals surface area contributed by atoms with Crippen LogP contribution in [0.5, 0.6) is 11.5 Å². The minimum atomic E-state index is -0.751. The van der Waals surface area contributed by atoms with E-state index in [-0.39, 0.29) is 11.1 Å². The molecule has 0 aliphatic carbocycles. The van der Waals surface area contributed by atoms with Crippen LogP contribution in [0.1, 0.15) is 16.1 Å². The van der Waals surface area contributed by atoms with Gasteiger partial charge < -0.3 is 29.8 Å². The fourth-order valence-corrected chi connectivity index (χ4v) is 3.91. The second-order valence-electron chi connectivity index (χ2n) is 8.55. The van der Waals surface area contributed by atoms with Gasteiger partial charge in [0.2, 0.25) is 5.95 Å². The number of methoxy groups -OCH3 is 2. The molecule has 3 aromatic carbocycles. The molecule has 2 heterocycles. The number of benzene rings is 3. The normalized spacial score (nSPS) is 10.6. The van der Waals surface area contributed by atoms with Crippen molar-refractivity contribution >= 4 is 45.7 Å². The molecule has 5 rings (SSSR count). The molecule has 10 heteroatoms. The quantitative estimate of drug-likeness (QED) is 0.221. The van der Waals surface area contributed by atoms with E-state index < -0.39 is 11.5 Å². The lowest BCUT2D eigenvalue weighted by atomic mass is 10.1. The molecule has 0 radical (unpaired) electrons. The maximum absolute atomic E-state index is 12.8. The molecule has 39 heavy (non-hydrogen) atoms. The van der Waals surface area contributed by atoms with Crippen LogP contribution in [0.2, 0.25) is 0 Å². The van der Waals surface area contributed by atoms with Gasteiger partial charge in [-0.15, -0.1) is 0 Å². The number of carbonyl (C=O) groups excluding carboxylic acids is 1.